The highest BCUT2D eigenvalue weighted by molar-refractivity contribution is 9.10. The van der Waals surface area contributed by atoms with Gasteiger partial charge in [-0.15, -0.1) is 0 Å². The predicted molar refractivity (Wildman–Crippen MR) is 80.4 cm³/mol. The maximum Gasteiger partial charge on any atom is 0.219 e. The minimum Gasteiger partial charge on any atom is -0.439 e. The second-order valence-electron chi connectivity index (χ2n) is 4.39. The minimum atomic E-state index is -0.352. The Hall–Kier alpha value is -1.46. The van der Waals surface area contributed by atoms with Crippen LogP contribution in [0.15, 0.2) is 41.0 Å². The third-order valence-corrected chi connectivity index (χ3v) is 3.07. The van der Waals surface area contributed by atoms with Crippen molar-refractivity contribution in [3.8, 4) is 11.6 Å². The number of halogens is 2. The summed E-state index contributed by atoms with van der Waals surface area (Å²) >= 11 is 3.23. The summed E-state index contributed by atoms with van der Waals surface area (Å²) in [5, 5.41) is 3.31. The first-order valence-corrected chi connectivity index (χ1v) is 7.26. The smallest absolute Gasteiger partial charge is 0.219 e. The molecule has 2 rings (SSSR count). The summed E-state index contributed by atoms with van der Waals surface area (Å²) in [4.78, 5) is 4.13. The SMILES string of the molecule is CCCNCc1ccnc(Oc2cc(F)cc(Br)c2)c1. The number of benzene rings is 1. The third-order valence-electron chi connectivity index (χ3n) is 2.61. The summed E-state index contributed by atoms with van der Waals surface area (Å²) in [6, 6.07) is 8.19. The van der Waals surface area contributed by atoms with Crippen LogP contribution in [0.3, 0.4) is 0 Å². The number of rotatable bonds is 6. The Morgan fingerprint density at radius 1 is 1.30 bits per heavy atom. The Morgan fingerprint density at radius 3 is 2.90 bits per heavy atom. The van der Waals surface area contributed by atoms with Gasteiger partial charge >= 0.3 is 0 Å². The zero-order valence-corrected chi connectivity index (χ0v) is 12.8. The van der Waals surface area contributed by atoms with Gasteiger partial charge in [0.25, 0.3) is 0 Å². The average Bonchev–Trinajstić information content (AvgIpc) is 2.38. The van der Waals surface area contributed by atoms with Gasteiger partial charge in [0.1, 0.15) is 11.6 Å². The minimum absolute atomic E-state index is 0.352. The van der Waals surface area contributed by atoms with Crippen molar-refractivity contribution in [1.82, 2.24) is 10.3 Å². The van der Waals surface area contributed by atoms with Crippen LogP contribution in [-0.4, -0.2) is 11.5 Å². The Morgan fingerprint density at radius 2 is 2.15 bits per heavy atom. The highest BCUT2D eigenvalue weighted by atomic mass is 79.9. The molecule has 0 atom stereocenters. The Bertz CT molecular complexity index is 557. The first-order valence-electron chi connectivity index (χ1n) is 6.47. The molecule has 1 N–H and O–H groups in total. The Labute approximate surface area is 126 Å². The summed E-state index contributed by atoms with van der Waals surface area (Å²) in [6.45, 7) is 3.85. The average molecular weight is 339 g/mol. The number of hydrogen-bond donors (Lipinski definition) is 1. The lowest BCUT2D eigenvalue weighted by molar-refractivity contribution is 0.456. The van der Waals surface area contributed by atoms with Gasteiger partial charge in [0.2, 0.25) is 5.88 Å². The van der Waals surface area contributed by atoms with E-state index >= 15 is 0 Å². The number of aromatic nitrogens is 1. The largest absolute Gasteiger partial charge is 0.439 e. The lowest BCUT2D eigenvalue weighted by Gasteiger charge is -2.08. The molecule has 0 radical (unpaired) electrons. The lowest BCUT2D eigenvalue weighted by atomic mass is 10.2. The fourth-order valence-electron chi connectivity index (χ4n) is 1.73. The highest BCUT2D eigenvalue weighted by Gasteiger charge is 2.04. The van der Waals surface area contributed by atoms with Gasteiger partial charge in [-0.25, -0.2) is 9.37 Å². The normalized spacial score (nSPS) is 10.6. The van der Waals surface area contributed by atoms with E-state index in [1.807, 2.05) is 12.1 Å². The van der Waals surface area contributed by atoms with E-state index in [1.165, 1.54) is 12.1 Å². The third kappa shape index (κ3) is 4.58. The Kier molecular flexibility index (Phi) is 5.49. The van der Waals surface area contributed by atoms with E-state index in [9.17, 15) is 4.39 Å². The van der Waals surface area contributed by atoms with Crippen molar-refractivity contribution in [3.63, 3.8) is 0 Å². The van der Waals surface area contributed by atoms with Crippen molar-refractivity contribution in [2.45, 2.75) is 19.9 Å². The first-order chi connectivity index (χ1) is 9.67. The molecule has 0 saturated carbocycles. The number of nitrogens with one attached hydrogen (secondary N) is 1. The zero-order valence-electron chi connectivity index (χ0n) is 11.2. The first kappa shape index (κ1) is 14.9. The summed E-state index contributed by atoms with van der Waals surface area (Å²) < 4.78 is 19.5. The van der Waals surface area contributed by atoms with E-state index in [1.54, 1.807) is 12.3 Å². The van der Waals surface area contributed by atoms with Crippen molar-refractivity contribution in [2.24, 2.45) is 0 Å². The maximum atomic E-state index is 13.3. The van der Waals surface area contributed by atoms with Gasteiger partial charge in [-0.1, -0.05) is 22.9 Å². The molecule has 0 bridgehead atoms. The molecule has 0 unspecified atom stereocenters. The van der Waals surface area contributed by atoms with Gasteiger partial charge in [-0.05, 0) is 36.7 Å². The maximum absolute atomic E-state index is 13.3. The molecule has 5 heteroatoms. The van der Waals surface area contributed by atoms with Gasteiger partial charge in [-0.2, -0.15) is 0 Å². The monoisotopic (exact) mass is 338 g/mol. The molecular formula is C15H16BrFN2O. The fraction of sp³-hybridized carbons (Fsp3) is 0.267. The zero-order chi connectivity index (χ0) is 14.4. The van der Waals surface area contributed by atoms with Crippen LogP contribution in [0, 0.1) is 5.82 Å². The van der Waals surface area contributed by atoms with Crippen molar-refractivity contribution >= 4 is 15.9 Å². The van der Waals surface area contributed by atoms with Crippen LogP contribution in [0.2, 0.25) is 0 Å². The van der Waals surface area contributed by atoms with E-state index in [0.29, 0.717) is 16.1 Å². The topological polar surface area (TPSA) is 34.2 Å². The highest BCUT2D eigenvalue weighted by Crippen LogP contribution is 2.25. The lowest BCUT2D eigenvalue weighted by Crippen LogP contribution is -2.13. The molecule has 2 aromatic rings. The molecule has 0 fully saturated rings. The quantitative estimate of drug-likeness (QED) is 0.798. The van der Waals surface area contributed by atoms with Gasteiger partial charge in [0, 0.05) is 29.3 Å². The van der Waals surface area contributed by atoms with Crippen LogP contribution in [0.5, 0.6) is 11.6 Å². The molecule has 0 aliphatic rings. The van der Waals surface area contributed by atoms with E-state index in [4.69, 9.17) is 4.74 Å². The summed E-state index contributed by atoms with van der Waals surface area (Å²) in [5.41, 5.74) is 1.08. The molecule has 3 nitrogen and oxygen atoms in total. The molecule has 1 heterocycles. The van der Waals surface area contributed by atoms with Crippen molar-refractivity contribution in [2.75, 3.05) is 6.54 Å². The molecule has 0 spiro atoms. The molecule has 1 aromatic carbocycles. The van der Waals surface area contributed by atoms with E-state index < -0.39 is 0 Å². The molecule has 0 aliphatic heterocycles. The van der Waals surface area contributed by atoms with Crippen LogP contribution in [0.25, 0.3) is 0 Å². The summed E-state index contributed by atoms with van der Waals surface area (Å²) in [5.74, 6) is 0.525. The second kappa shape index (κ2) is 7.36. The van der Waals surface area contributed by atoms with Crippen LogP contribution in [0.1, 0.15) is 18.9 Å². The van der Waals surface area contributed by atoms with E-state index in [2.05, 4.69) is 33.2 Å². The fourth-order valence-corrected chi connectivity index (χ4v) is 2.18. The van der Waals surface area contributed by atoms with Crippen LogP contribution < -0.4 is 10.1 Å². The van der Waals surface area contributed by atoms with Crippen LogP contribution >= 0.6 is 15.9 Å². The molecule has 0 aliphatic carbocycles. The van der Waals surface area contributed by atoms with Gasteiger partial charge in [0.05, 0.1) is 0 Å². The molecular weight excluding hydrogens is 323 g/mol. The number of pyridine rings is 1. The number of nitrogens with zero attached hydrogens (tertiary/aromatic N) is 1. The molecule has 1 aromatic heterocycles. The number of ether oxygens (including phenoxy) is 1. The molecule has 106 valence electrons. The van der Waals surface area contributed by atoms with E-state index in [-0.39, 0.29) is 5.82 Å². The van der Waals surface area contributed by atoms with Crippen molar-refractivity contribution < 1.29 is 9.13 Å². The van der Waals surface area contributed by atoms with Crippen molar-refractivity contribution in [1.29, 1.82) is 0 Å². The Balaban J connectivity index is 2.07. The predicted octanol–water partition coefficient (Wildman–Crippen LogP) is 4.28. The van der Waals surface area contributed by atoms with Gasteiger partial charge in [0.15, 0.2) is 0 Å². The van der Waals surface area contributed by atoms with Crippen molar-refractivity contribution in [3.05, 3.63) is 52.4 Å². The van der Waals surface area contributed by atoms with Crippen LogP contribution in [-0.2, 0) is 6.54 Å². The van der Waals surface area contributed by atoms with Gasteiger partial charge in [-0.3, -0.25) is 0 Å². The standard InChI is InChI=1S/C15H16BrFN2O/c1-2-4-18-10-11-3-5-19-15(6-11)20-14-8-12(16)7-13(17)9-14/h3,5-9,18H,2,4,10H2,1H3. The van der Waals surface area contributed by atoms with Gasteiger partial charge < -0.3 is 10.1 Å². The molecule has 0 saturated heterocycles. The summed E-state index contributed by atoms with van der Waals surface area (Å²) in [6.07, 6.45) is 2.78. The van der Waals surface area contributed by atoms with Crippen LogP contribution in [0.4, 0.5) is 4.39 Å². The molecule has 20 heavy (non-hydrogen) atoms. The second-order valence-corrected chi connectivity index (χ2v) is 5.30. The number of hydrogen-bond acceptors (Lipinski definition) is 3. The summed E-state index contributed by atoms with van der Waals surface area (Å²) in [7, 11) is 0. The molecule has 0 amide bonds. The van der Waals surface area contributed by atoms with E-state index in [0.717, 1.165) is 25.1 Å².